The summed E-state index contributed by atoms with van der Waals surface area (Å²) >= 11 is 9.43. The number of benzene rings is 1. The van der Waals surface area contributed by atoms with Crippen LogP contribution in [0.2, 0.25) is 5.02 Å². The molecule has 0 radical (unpaired) electrons. The number of anilines is 1. The summed E-state index contributed by atoms with van der Waals surface area (Å²) < 4.78 is 1.04. The molecule has 118 valence electrons. The fraction of sp³-hybridized carbons (Fsp3) is 0.294. The quantitative estimate of drug-likeness (QED) is 0.658. The summed E-state index contributed by atoms with van der Waals surface area (Å²) in [5, 5.41) is 5.08. The Bertz CT molecular complexity index is 889. The Hall–Kier alpha value is -1.43. The first-order valence-electron chi connectivity index (χ1n) is 7.60. The zero-order valence-corrected chi connectivity index (χ0v) is 15.0. The topological polar surface area (TPSA) is 42.0 Å². The monoisotopic (exact) mass is 362 g/mol. The zero-order valence-electron chi connectivity index (χ0n) is 12.6. The number of rotatable bonds is 2. The second kappa shape index (κ2) is 5.89. The summed E-state index contributed by atoms with van der Waals surface area (Å²) in [6.45, 7) is 2.03. The van der Waals surface area contributed by atoms with E-state index in [4.69, 9.17) is 11.6 Å². The number of hydrogen-bond acceptors (Lipinski definition) is 4. The fourth-order valence-electron chi connectivity index (χ4n) is 2.88. The standard InChI is InChI=1S/C17H15ClN2OS2/c1-9-6-7-10-13(8-9)22-15(14(10)18)16(21)20-17-19-11-4-2-3-5-12(11)23-17/h6-8H,2-5H2,1H3,(H,19,20,21). The first-order chi connectivity index (χ1) is 11.1. The molecule has 0 spiro atoms. The molecule has 0 saturated carbocycles. The maximum atomic E-state index is 12.6. The van der Waals surface area contributed by atoms with Crippen LogP contribution in [0.4, 0.5) is 5.13 Å². The summed E-state index contributed by atoms with van der Waals surface area (Å²) in [5.41, 5.74) is 2.31. The van der Waals surface area contributed by atoms with Crippen LogP contribution in [-0.4, -0.2) is 10.9 Å². The second-order valence-corrected chi connectivity index (χ2v) is 8.31. The molecule has 1 amide bonds. The van der Waals surface area contributed by atoms with Crippen LogP contribution in [0.3, 0.4) is 0 Å². The molecule has 1 aliphatic carbocycles. The molecule has 0 unspecified atom stereocenters. The van der Waals surface area contributed by atoms with E-state index in [9.17, 15) is 4.79 Å². The van der Waals surface area contributed by atoms with Gasteiger partial charge in [0, 0.05) is 15.0 Å². The third kappa shape index (κ3) is 2.77. The van der Waals surface area contributed by atoms with E-state index in [1.165, 1.54) is 29.1 Å². The Labute approximate surface area is 147 Å². The lowest BCUT2D eigenvalue weighted by molar-refractivity contribution is 0.103. The van der Waals surface area contributed by atoms with Gasteiger partial charge in [-0.05, 0) is 44.2 Å². The summed E-state index contributed by atoms with van der Waals surface area (Å²) in [4.78, 5) is 19.0. The highest BCUT2D eigenvalue weighted by Gasteiger charge is 2.20. The first-order valence-corrected chi connectivity index (χ1v) is 9.61. The summed E-state index contributed by atoms with van der Waals surface area (Å²) in [6, 6.07) is 6.05. The van der Waals surface area contributed by atoms with Crippen molar-refractivity contribution in [3.8, 4) is 0 Å². The predicted octanol–water partition coefficient (Wildman–Crippen LogP) is 5.45. The lowest BCUT2D eigenvalue weighted by atomic mass is 10.0. The van der Waals surface area contributed by atoms with Crippen molar-refractivity contribution < 1.29 is 4.79 Å². The van der Waals surface area contributed by atoms with Crippen molar-refractivity contribution in [1.82, 2.24) is 4.98 Å². The van der Waals surface area contributed by atoms with E-state index in [2.05, 4.69) is 16.4 Å². The van der Waals surface area contributed by atoms with Crippen LogP contribution in [0, 0.1) is 6.92 Å². The van der Waals surface area contributed by atoms with Crippen molar-refractivity contribution >= 4 is 55.4 Å². The van der Waals surface area contributed by atoms with E-state index < -0.39 is 0 Å². The Morgan fingerprint density at radius 3 is 2.91 bits per heavy atom. The van der Waals surface area contributed by atoms with Gasteiger partial charge in [0.25, 0.3) is 5.91 Å². The number of thiazole rings is 1. The highest BCUT2D eigenvalue weighted by atomic mass is 35.5. The van der Waals surface area contributed by atoms with Crippen LogP contribution >= 0.6 is 34.3 Å². The highest BCUT2D eigenvalue weighted by Crippen LogP contribution is 2.37. The number of thiophene rings is 1. The second-order valence-electron chi connectivity index (χ2n) is 5.79. The maximum absolute atomic E-state index is 12.6. The Morgan fingerprint density at radius 2 is 2.09 bits per heavy atom. The number of fused-ring (bicyclic) bond motifs is 2. The van der Waals surface area contributed by atoms with Gasteiger partial charge in [0.1, 0.15) is 4.88 Å². The van der Waals surface area contributed by atoms with Crippen LogP contribution in [0.25, 0.3) is 10.1 Å². The Balaban J connectivity index is 1.64. The number of carbonyl (C=O) groups excluding carboxylic acids is 1. The maximum Gasteiger partial charge on any atom is 0.269 e. The summed E-state index contributed by atoms with van der Waals surface area (Å²) in [7, 11) is 0. The molecule has 3 nitrogen and oxygen atoms in total. The van der Waals surface area contributed by atoms with Gasteiger partial charge in [-0.1, -0.05) is 23.7 Å². The van der Waals surface area contributed by atoms with Crippen molar-refractivity contribution in [2.75, 3.05) is 5.32 Å². The van der Waals surface area contributed by atoms with Gasteiger partial charge in [0.2, 0.25) is 0 Å². The molecule has 1 aromatic carbocycles. The average molecular weight is 363 g/mol. The van der Waals surface area contributed by atoms with Crippen LogP contribution in [0.15, 0.2) is 18.2 Å². The predicted molar refractivity (Wildman–Crippen MR) is 98.3 cm³/mol. The van der Waals surface area contributed by atoms with E-state index >= 15 is 0 Å². The van der Waals surface area contributed by atoms with Crippen LogP contribution in [0.5, 0.6) is 0 Å². The number of aromatic nitrogens is 1. The van der Waals surface area contributed by atoms with Crippen LogP contribution in [-0.2, 0) is 12.8 Å². The van der Waals surface area contributed by atoms with E-state index in [0.29, 0.717) is 15.0 Å². The summed E-state index contributed by atoms with van der Waals surface area (Å²) in [6.07, 6.45) is 4.49. The molecule has 6 heteroatoms. The van der Waals surface area contributed by atoms with Gasteiger partial charge in [-0.25, -0.2) is 4.98 Å². The average Bonchev–Trinajstić information content (AvgIpc) is 3.07. The number of nitrogens with zero attached hydrogens (tertiary/aromatic N) is 1. The minimum Gasteiger partial charge on any atom is -0.297 e. The van der Waals surface area contributed by atoms with Gasteiger partial charge >= 0.3 is 0 Å². The minimum atomic E-state index is -0.167. The minimum absolute atomic E-state index is 0.167. The first kappa shape index (κ1) is 15.1. The largest absolute Gasteiger partial charge is 0.297 e. The number of hydrogen-bond donors (Lipinski definition) is 1. The molecule has 3 aromatic rings. The molecule has 1 aliphatic rings. The normalized spacial score (nSPS) is 14.0. The number of aryl methyl sites for hydroxylation is 3. The third-order valence-electron chi connectivity index (χ3n) is 4.06. The van der Waals surface area contributed by atoms with E-state index in [1.807, 2.05) is 19.1 Å². The van der Waals surface area contributed by atoms with Crippen molar-refractivity contribution in [2.24, 2.45) is 0 Å². The van der Waals surface area contributed by atoms with Crippen LogP contribution in [0.1, 0.15) is 38.6 Å². The van der Waals surface area contributed by atoms with E-state index in [-0.39, 0.29) is 5.91 Å². The molecule has 2 aromatic heterocycles. The number of nitrogens with one attached hydrogen (secondary N) is 1. The van der Waals surface area contributed by atoms with Crippen molar-refractivity contribution in [3.05, 3.63) is 44.2 Å². The van der Waals surface area contributed by atoms with Crippen LogP contribution < -0.4 is 5.32 Å². The van der Waals surface area contributed by atoms with Gasteiger partial charge < -0.3 is 0 Å². The van der Waals surface area contributed by atoms with Gasteiger partial charge in [0.05, 0.1) is 10.7 Å². The molecule has 0 saturated heterocycles. The van der Waals surface area contributed by atoms with Gasteiger partial charge in [-0.15, -0.1) is 22.7 Å². The molecule has 0 bridgehead atoms. The van der Waals surface area contributed by atoms with Gasteiger partial charge in [0.15, 0.2) is 5.13 Å². The molecule has 2 heterocycles. The smallest absolute Gasteiger partial charge is 0.269 e. The number of amides is 1. The molecular formula is C17H15ClN2OS2. The van der Waals surface area contributed by atoms with Gasteiger partial charge in [-0.2, -0.15) is 0 Å². The summed E-state index contributed by atoms with van der Waals surface area (Å²) in [5.74, 6) is -0.167. The SMILES string of the molecule is Cc1ccc2c(Cl)c(C(=O)Nc3nc4c(s3)CCCC4)sc2c1. The molecule has 0 aliphatic heterocycles. The van der Waals surface area contributed by atoms with E-state index in [1.54, 1.807) is 11.3 Å². The number of halogens is 1. The lowest BCUT2D eigenvalue weighted by Crippen LogP contribution is -2.10. The molecule has 1 N–H and O–H groups in total. The highest BCUT2D eigenvalue weighted by molar-refractivity contribution is 7.22. The zero-order chi connectivity index (χ0) is 16.0. The molecule has 4 rings (SSSR count). The molecule has 23 heavy (non-hydrogen) atoms. The molecule has 0 atom stereocenters. The van der Waals surface area contributed by atoms with Crippen molar-refractivity contribution in [2.45, 2.75) is 32.6 Å². The number of carbonyl (C=O) groups is 1. The fourth-order valence-corrected chi connectivity index (χ4v) is 5.43. The van der Waals surface area contributed by atoms with Crippen molar-refractivity contribution in [3.63, 3.8) is 0 Å². The van der Waals surface area contributed by atoms with Crippen molar-refractivity contribution in [1.29, 1.82) is 0 Å². The molecular weight excluding hydrogens is 348 g/mol. The molecule has 0 fully saturated rings. The van der Waals surface area contributed by atoms with E-state index in [0.717, 1.165) is 34.2 Å². The third-order valence-corrected chi connectivity index (χ3v) is 6.79. The Kier molecular flexibility index (Phi) is 3.87. The lowest BCUT2D eigenvalue weighted by Gasteiger charge is -2.06. The Morgan fingerprint density at radius 1 is 1.26 bits per heavy atom. The van der Waals surface area contributed by atoms with Gasteiger partial charge in [-0.3, -0.25) is 10.1 Å².